The van der Waals surface area contributed by atoms with Crippen molar-refractivity contribution < 1.29 is 20.4 Å². The first-order chi connectivity index (χ1) is 10.1. The second kappa shape index (κ2) is 5.75. The fourth-order valence-corrected chi connectivity index (χ4v) is 3.51. The van der Waals surface area contributed by atoms with Crippen LogP contribution in [0.1, 0.15) is 46.0 Å². The van der Waals surface area contributed by atoms with Gasteiger partial charge in [0, 0.05) is 12.1 Å². The molecule has 0 radical (unpaired) electrons. The normalized spacial score (nSPS) is 23.2. The van der Waals surface area contributed by atoms with Crippen molar-refractivity contribution in [1.82, 2.24) is 4.90 Å². The summed E-state index contributed by atoms with van der Waals surface area (Å²) in [5.74, 6) is -0.259. The molecule has 0 aromatic heterocycles. The number of rotatable bonds is 4. The number of β-amino-alcohol motifs (C(OH)–C–C–N with tert-alkyl or cyclic N) is 1. The van der Waals surface area contributed by atoms with Crippen molar-refractivity contribution in [3.63, 3.8) is 0 Å². The molecule has 0 amide bonds. The lowest BCUT2D eigenvalue weighted by atomic mass is 9.95. The summed E-state index contributed by atoms with van der Waals surface area (Å²) in [6.07, 6.45) is 1.82. The molecule has 0 bridgehead atoms. The fourth-order valence-electron chi connectivity index (χ4n) is 3.51. The van der Waals surface area contributed by atoms with Crippen LogP contribution in [-0.2, 0) is 11.3 Å². The van der Waals surface area contributed by atoms with Crippen LogP contribution in [0.5, 0.6) is 0 Å². The molecule has 1 aromatic rings. The molecule has 1 fully saturated rings. The molecule has 2 aliphatic rings. The predicted molar refractivity (Wildman–Crippen MR) is 77.6 cm³/mol. The smallest absolute Gasteiger partial charge is 0.338 e. The number of cyclic esters (lactones) is 1. The van der Waals surface area contributed by atoms with Crippen molar-refractivity contribution >= 4 is 5.97 Å². The summed E-state index contributed by atoms with van der Waals surface area (Å²) < 4.78 is 5.07. The number of hydrogen-bond acceptors (Lipinski definition) is 4. The number of aliphatic hydroxyl groups is 1. The number of carbonyl (C=O) groups is 1. The number of ether oxygens (including phenoxy) is 1. The number of fused-ring (bicyclic) bond motifs is 1. The minimum atomic E-state index is -0.529. The molecule has 2 heterocycles. The number of aliphatic hydroxyl groups excluding tert-OH is 1. The number of benzene rings is 1. The predicted octanol–water partition coefficient (Wildman–Crippen LogP) is 0.405. The molecule has 5 heteroatoms. The fraction of sp³-hybridized carbons (Fsp3) is 0.562. The molecule has 1 saturated heterocycles. The van der Waals surface area contributed by atoms with E-state index >= 15 is 0 Å². The standard InChI is InChI=1S/C16H22N2O3/c1-10-12(4-5-13-14(10)9-21-16(13)20)15(19)8-18-6-2-3-11(18)7-17/h4-5,11,15,19H,2-3,6-9,17H2,1H3/p+1/t11?,15-/m0/s1. The SMILES string of the molecule is Cc1c([C@@H](O)CN2CCCC2C[NH3+])ccc2c1COC2=O. The van der Waals surface area contributed by atoms with Gasteiger partial charge >= 0.3 is 5.97 Å². The Kier molecular flexibility index (Phi) is 3.97. The molecule has 3 rings (SSSR count). The molecule has 1 unspecified atom stereocenters. The molecule has 2 atom stereocenters. The monoisotopic (exact) mass is 291 g/mol. The Hall–Kier alpha value is -1.43. The summed E-state index contributed by atoms with van der Waals surface area (Å²) in [7, 11) is 0. The van der Waals surface area contributed by atoms with Gasteiger partial charge in [-0.3, -0.25) is 4.90 Å². The molecular formula is C16H23N2O3+. The van der Waals surface area contributed by atoms with E-state index < -0.39 is 6.10 Å². The highest BCUT2D eigenvalue weighted by atomic mass is 16.5. The number of esters is 1. The maximum absolute atomic E-state index is 11.6. The largest absolute Gasteiger partial charge is 0.457 e. The Morgan fingerprint density at radius 2 is 2.33 bits per heavy atom. The highest BCUT2D eigenvalue weighted by Gasteiger charge is 2.29. The van der Waals surface area contributed by atoms with Gasteiger partial charge in [-0.1, -0.05) is 6.07 Å². The maximum Gasteiger partial charge on any atom is 0.338 e. The maximum atomic E-state index is 11.6. The zero-order chi connectivity index (χ0) is 15.0. The first-order valence-corrected chi connectivity index (χ1v) is 7.62. The van der Waals surface area contributed by atoms with Crippen LogP contribution in [0.15, 0.2) is 12.1 Å². The first-order valence-electron chi connectivity index (χ1n) is 7.62. The van der Waals surface area contributed by atoms with E-state index in [2.05, 4.69) is 10.6 Å². The molecule has 5 nitrogen and oxygen atoms in total. The van der Waals surface area contributed by atoms with Crippen molar-refractivity contribution in [1.29, 1.82) is 0 Å². The number of quaternary nitrogens is 1. The average molecular weight is 291 g/mol. The van der Waals surface area contributed by atoms with E-state index in [9.17, 15) is 9.90 Å². The lowest BCUT2D eigenvalue weighted by Crippen LogP contribution is -2.58. The molecule has 1 aromatic carbocycles. The highest BCUT2D eigenvalue weighted by Crippen LogP contribution is 2.30. The van der Waals surface area contributed by atoms with Gasteiger partial charge < -0.3 is 15.6 Å². The molecule has 114 valence electrons. The highest BCUT2D eigenvalue weighted by molar-refractivity contribution is 5.93. The van der Waals surface area contributed by atoms with Crippen molar-refractivity contribution in [3.05, 3.63) is 34.4 Å². The van der Waals surface area contributed by atoms with Crippen LogP contribution in [-0.4, -0.2) is 41.7 Å². The third kappa shape index (κ3) is 2.57. The van der Waals surface area contributed by atoms with Crippen LogP contribution in [0, 0.1) is 6.92 Å². The summed E-state index contributed by atoms with van der Waals surface area (Å²) in [6, 6.07) is 4.12. The summed E-state index contributed by atoms with van der Waals surface area (Å²) in [6.45, 7) is 4.84. The van der Waals surface area contributed by atoms with Crippen LogP contribution >= 0.6 is 0 Å². The second-order valence-corrected chi connectivity index (χ2v) is 5.98. The second-order valence-electron chi connectivity index (χ2n) is 5.98. The summed E-state index contributed by atoms with van der Waals surface area (Å²) in [4.78, 5) is 13.9. The van der Waals surface area contributed by atoms with Gasteiger partial charge in [0.2, 0.25) is 0 Å². The molecule has 0 aliphatic carbocycles. The van der Waals surface area contributed by atoms with E-state index in [4.69, 9.17) is 4.74 Å². The first kappa shape index (κ1) is 14.5. The molecule has 2 aliphatic heterocycles. The van der Waals surface area contributed by atoms with Gasteiger partial charge in [-0.15, -0.1) is 0 Å². The van der Waals surface area contributed by atoms with Crippen molar-refractivity contribution in [2.75, 3.05) is 19.6 Å². The van der Waals surface area contributed by atoms with E-state index in [-0.39, 0.29) is 5.97 Å². The Bertz CT molecular complexity index is 559. The quantitative estimate of drug-likeness (QED) is 0.788. The minimum Gasteiger partial charge on any atom is -0.457 e. The van der Waals surface area contributed by atoms with Gasteiger partial charge in [-0.05, 0) is 43.5 Å². The molecule has 4 N–H and O–H groups in total. The topological polar surface area (TPSA) is 77.4 Å². The molecule has 0 spiro atoms. The van der Waals surface area contributed by atoms with Crippen molar-refractivity contribution in [3.8, 4) is 0 Å². The Morgan fingerprint density at radius 1 is 1.52 bits per heavy atom. The zero-order valence-corrected chi connectivity index (χ0v) is 12.5. The van der Waals surface area contributed by atoms with E-state index in [1.54, 1.807) is 6.07 Å². The Morgan fingerprint density at radius 3 is 3.10 bits per heavy atom. The van der Waals surface area contributed by atoms with Gasteiger partial charge in [-0.25, -0.2) is 4.79 Å². The number of nitrogens with zero attached hydrogens (tertiary/aromatic N) is 1. The Balaban J connectivity index is 1.79. The van der Waals surface area contributed by atoms with Gasteiger partial charge in [0.15, 0.2) is 0 Å². The number of carbonyl (C=O) groups excluding carboxylic acids is 1. The average Bonchev–Trinajstić information content (AvgIpc) is 3.06. The zero-order valence-electron chi connectivity index (χ0n) is 12.5. The van der Waals surface area contributed by atoms with Gasteiger partial charge in [0.05, 0.1) is 24.3 Å². The van der Waals surface area contributed by atoms with Crippen molar-refractivity contribution in [2.24, 2.45) is 0 Å². The van der Waals surface area contributed by atoms with Gasteiger partial charge in [-0.2, -0.15) is 0 Å². The molecule has 0 saturated carbocycles. The summed E-state index contributed by atoms with van der Waals surface area (Å²) in [5, 5.41) is 10.6. The van der Waals surface area contributed by atoms with Gasteiger partial charge in [0.25, 0.3) is 0 Å². The van der Waals surface area contributed by atoms with Crippen molar-refractivity contribution in [2.45, 2.75) is 38.5 Å². The Labute approximate surface area is 124 Å². The number of hydrogen-bond donors (Lipinski definition) is 2. The van der Waals surface area contributed by atoms with Gasteiger partial charge in [0.1, 0.15) is 6.61 Å². The minimum absolute atomic E-state index is 0.259. The third-order valence-electron chi connectivity index (χ3n) is 4.81. The number of likely N-dealkylation sites (tertiary alicyclic amines) is 1. The van der Waals surface area contributed by atoms with E-state index in [0.717, 1.165) is 29.8 Å². The lowest BCUT2D eigenvalue weighted by molar-refractivity contribution is -0.377. The summed E-state index contributed by atoms with van der Waals surface area (Å²) in [5.41, 5.74) is 7.44. The third-order valence-corrected chi connectivity index (χ3v) is 4.81. The van der Waals surface area contributed by atoms with E-state index in [0.29, 0.717) is 24.8 Å². The molecular weight excluding hydrogens is 268 g/mol. The summed E-state index contributed by atoms with van der Waals surface area (Å²) >= 11 is 0. The van der Waals surface area contributed by atoms with Crippen LogP contribution in [0.2, 0.25) is 0 Å². The van der Waals surface area contributed by atoms with Crippen LogP contribution < -0.4 is 5.73 Å². The lowest BCUT2D eigenvalue weighted by Gasteiger charge is -2.25. The van der Waals surface area contributed by atoms with E-state index in [1.807, 2.05) is 13.0 Å². The van der Waals surface area contributed by atoms with Crippen LogP contribution in [0.25, 0.3) is 0 Å². The van der Waals surface area contributed by atoms with E-state index in [1.165, 1.54) is 12.8 Å². The molecule has 21 heavy (non-hydrogen) atoms. The van der Waals surface area contributed by atoms with Crippen LogP contribution in [0.4, 0.5) is 0 Å². The van der Waals surface area contributed by atoms with Crippen LogP contribution in [0.3, 0.4) is 0 Å².